The molecule has 1 nitrogen and oxygen atoms in total. The van der Waals surface area contributed by atoms with Gasteiger partial charge in [-0.25, -0.2) is 0 Å². The predicted molar refractivity (Wildman–Crippen MR) is 76.5 cm³/mol. The summed E-state index contributed by atoms with van der Waals surface area (Å²) in [6.07, 6.45) is 6.54. The van der Waals surface area contributed by atoms with Crippen molar-refractivity contribution in [3.63, 3.8) is 0 Å². The Bertz CT molecular complexity index is 318. The van der Waals surface area contributed by atoms with Gasteiger partial charge in [-0.15, -0.1) is 6.58 Å². The Kier molecular flexibility index (Phi) is 6.99. The molecule has 0 spiro atoms. The van der Waals surface area contributed by atoms with Crippen molar-refractivity contribution in [2.45, 2.75) is 38.6 Å². The summed E-state index contributed by atoms with van der Waals surface area (Å²) in [7, 11) is 0. The average Bonchev–Trinajstić information content (AvgIpc) is 2.35. The minimum absolute atomic E-state index is 0.437. The highest BCUT2D eigenvalue weighted by molar-refractivity contribution is 6.30. The van der Waals surface area contributed by atoms with Gasteiger partial charge < -0.3 is 5.32 Å². The lowest BCUT2D eigenvalue weighted by Gasteiger charge is -2.18. The van der Waals surface area contributed by atoms with Crippen LogP contribution >= 0.6 is 11.6 Å². The molecule has 1 aromatic carbocycles. The van der Waals surface area contributed by atoms with Crippen LogP contribution in [0.5, 0.6) is 0 Å². The molecule has 1 N–H and O–H groups in total. The van der Waals surface area contributed by atoms with E-state index in [9.17, 15) is 0 Å². The first-order valence-electron chi connectivity index (χ1n) is 6.37. The fourth-order valence-corrected chi connectivity index (χ4v) is 1.99. The first-order valence-corrected chi connectivity index (χ1v) is 6.75. The summed E-state index contributed by atoms with van der Waals surface area (Å²) >= 11 is 5.91. The standard InChI is InChI=1S/C15H22ClN/c1-3-5-6-7-15(17-12-4-2)13-8-10-14(16)11-9-13/h3,8-11,15,17H,1,4-7,12H2,2H3. The fourth-order valence-electron chi connectivity index (χ4n) is 1.87. The second kappa shape index (κ2) is 8.32. The highest BCUT2D eigenvalue weighted by atomic mass is 35.5. The molecule has 17 heavy (non-hydrogen) atoms. The van der Waals surface area contributed by atoms with E-state index in [2.05, 4.69) is 31.0 Å². The fraction of sp³-hybridized carbons (Fsp3) is 0.467. The van der Waals surface area contributed by atoms with E-state index in [0.29, 0.717) is 6.04 Å². The van der Waals surface area contributed by atoms with Gasteiger partial charge in [-0.3, -0.25) is 0 Å². The van der Waals surface area contributed by atoms with Crippen molar-refractivity contribution in [2.75, 3.05) is 6.54 Å². The zero-order valence-electron chi connectivity index (χ0n) is 10.6. The molecule has 1 aromatic rings. The molecule has 0 fully saturated rings. The van der Waals surface area contributed by atoms with E-state index in [4.69, 9.17) is 11.6 Å². The number of rotatable bonds is 8. The summed E-state index contributed by atoms with van der Waals surface area (Å²) in [5, 5.41) is 4.39. The molecule has 0 aliphatic carbocycles. The molecule has 94 valence electrons. The summed E-state index contributed by atoms with van der Waals surface area (Å²) in [5.41, 5.74) is 1.33. The topological polar surface area (TPSA) is 12.0 Å². The average molecular weight is 252 g/mol. The van der Waals surface area contributed by atoms with Crippen LogP contribution in [0, 0.1) is 0 Å². The summed E-state index contributed by atoms with van der Waals surface area (Å²) in [5.74, 6) is 0. The zero-order chi connectivity index (χ0) is 12.5. The summed E-state index contributed by atoms with van der Waals surface area (Å²) in [4.78, 5) is 0. The Morgan fingerprint density at radius 3 is 2.65 bits per heavy atom. The number of benzene rings is 1. The first kappa shape index (κ1) is 14.3. The van der Waals surface area contributed by atoms with Gasteiger partial charge in [0.15, 0.2) is 0 Å². The van der Waals surface area contributed by atoms with Crippen LogP contribution in [0.15, 0.2) is 36.9 Å². The van der Waals surface area contributed by atoms with E-state index in [1.165, 1.54) is 12.0 Å². The molecule has 0 aliphatic rings. The molecule has 0 amide bonds. The van der Waals surface area contributed by atoms with Gasteiger partial charge in [0.05, 0.1) is 0 Å². The Hall–Kier alpha value is -0.790. The van der Waals surface area contributed by atoms with Crippen molar-refractivity contribution < 1.29 is 0 Å². The van der Waals surface area contributed by atoms with Gasteiger partial charge in [-0.2, -0.15) is 0 Å². The minimum atomic E-state index is 0.437. The molecule has 2 heteroatoms. The van der Waals surface area contributed by atoms with Gasteiger partial charge in [0.1, 0.15) is 0 Å². The maximum absolute atomic E-state index is 5.91. The normalized spacial score (nSPS) is 12.4. The summed E-state index contributed by atoms with van der Waals surface area (Å²) < 4.78 is 0. The minimum Gasteiger partial charge on any atom is -0.310 e. The molecule has 0 aliphatic heterocycles. The zero-order valence-corrected chi connectivity index (χ0v) is 11.3. The van der Waals surface area contributed by atoms with Crippen molar-refractivity contribution in [3.8, 4) is 0 Å². The van der Waals surface area contributed by atoms with Gasteiger partial charge in [-0.05, 0) is 49.9 Å². The number of halogens is 1. The van der Waals surface area contributed by atoms with E-state index in [-0.39, 0.29) is 0 Å². The number of allylic oxidation sites excluding steroid dienone is 1. The Labute approximate surface area is 110 Å². The van der Waals surface area contributed by atoms with Gasteiger partial charge >= 0.3 is 0 Å². The molecule has 0 saturated heterocycles. The number of nitrogens with one attached hydrogen (secondary N) is 1. The van der Waals surface area contributed by atoms with Gasteiger partial charge in [-0.1, -0.05) is 36.7 Å². The van der Waals surface area contributed by atoms with Crippen molar-refractivity contribution in [2.24, 2.45) is 0 Å². The van der Waals surface area contributed by atoms with Crippen molar-refractivity contribution in [3.05, 3.63) is 47.5 Å². The SMILES string of the molecule is C=CCCCC(NCCC)c1ccc(Cl)cc1. The van der Waals surface area contributed by atoms with Crippen molar-refractivity contribution in [1.29, 1.82) is 0 Å². The molecule has 0 bridgehead atoms. The molecule has 1 unspecified atom stereocenters. The van der Waals surface area contributed by atoms with Crippen LogP contribution in [0.3, 0.4) is 0 Å². The second-order valence-electron chi connectivity index (χ2n) is 4.28. The Morgan fingerprint density at radius 1 is 1.35 bits per heavy atom. The molecule has 1 atom stereocenters. The predicted octanol–water partition coefficient (Wildman–Crippen LogP) is 4.74. The second-order valence-corrected chi connectivity index (χ2v) is 4.71. The summed E-state index contributed by atoms with van der Waals surface area (Å²) in [6.45, 7) is 7.01. The van der Waals surface area contributed by atoms with Crippen LogP contribution in [0.1, 0.15) is 44.2 Å². The largest absolute Gasteiger partial charge is 0.310 e. The van der Waals surface area contributed by atoms with E-state index in [1.54, 1.807) is 0 Å². The maximum atomic E-state index is 5.91. The lowest BCUT2D eigenvalue weighted by Crippen LogP contribution is -2.22. The third-order valence-corrected chi connectivity index (χ3v) is 3.07. The van der Waals surface area contributed by atoms with Crippen LogP contribution in [0.25, 0.3) is 0 Å². The number of unbranched alkanes of at least 4 members (excludes halogenated alkanes) is 1. The van der Waals surface area contributed by atoms with Crippen LogP contribution in [-0.2, 0) is 0 Å². The molecule has 0 saturated carbocycles. The smallest absolute Gasteiger partial charge is 0.0406 e. The highest BCUT2D eigenvalue weighted by Gasteiger charge is 2.09. The van der Waals surface area contributed by atoms with E-state index in [1.807, 2.05) is 18.2 Å². The van der Waals surface area contributed by atoms with E-state index in [0.717, 1.165) is 30.8 Å². The number of hydrogen-bond donors (Lipinski definition) is 1. The van der Waals surface area contributed by atoms with Crippen molar-refractivity contribution in [1.82, 2.24) is 5.32 Å². The van der Waals surface area contributed by atoms with E-state index < -0.39 is 0 Å². The van der Waals surface area contributed by atoms with E-state index >= 15 is 0 Å². The summed E-state index contributed by atoms with van der Waals surface area (Å²) in [6, 6.07) is 8.59. The van der Waals surface area contributed by atoms with Crippen LogP contribution < -0.4 is 5.32 Å². The van der Waals surface area contributed by atoms with Crippen molar-refractivity contribution >= 4 is 11.6 Å². The molecule has 0 radical (unpaired) electrons. The van der Waals surface area contributed by atoms with Crippen LogP contribution in [-0.4, -0.2) is 6.54 Å². The third kappa shape index (κ3) is 5.38. The maximum Gasteiger partial charge on any atom is 0.0406 e. The Balaban J connectivity index is 2.60. The van der Waals surface area contributed by atoms with Gasteiger partial charge in [0.25, 0.3) is 0 Å². The third-order valence-electron chi connectivity index (χ3n) is 2.81. The van der Waals surface area contributed by atoms with Crippen LogP contribution in [0.4, 0.5) is 0 Å². The monoisotopic (exact) mass is 251 g/mol. The van der Waals surface area contributed by atoms with Gasteiger partial charge in [0, 0.05) is 11.1 Å². The van der Waals surface area contributed by atoms with Gasteiger partial charge in [0.2, 0.25) is 0 Å². The Morgan fingerprint density at radius 2 is 2.06 bits per heavy atom. The lowest BCUT2D eigenvalue weighted by atomic mass is 10.0. The lowest BCUT2D eigenvalue weighted by molar-refractivity contribution is 0.486. The molecule has 0 heterocycles. The van der Waals surface area contributed by atoms with Crippen LogP contribution in [0.2, 0.25) is 5.02 Å². The molecular formula is C15H22ClN. The molecule has 0 aromatic heterocycles. The first-order chi connectivity index (χ1) is 8.27. The molecular weight excluding hydrogens is 230 g/mol. The highest BCUT2D eigenvalue weighted by Crippen LogP contribution is 2.21. The molecule has 1 rings (SSSR count). The number of hydrogen-bond acceptors (Lipinski definition) is 1. The quantitative estimate of drug-likeness (QED) is 0.520.